The normalized spacial score (nSPS) is 22.1. The van der Waals surface area contributed by atoms with Crippen LogP contribution in [0, 0.1) is 5.82 Å². The van der Waals surface area contributed by atoms with Gasteiger partial charge in [-0.15, -0.1) is 11.6 Å². The summed E-state index contributed by atoms with van der Waals surface area (Å²) >= 11 is 5.87. The van der Waals surface area contributed by atoms with Crippen molar-refractivity contribution >= 4 is 11.6 Å². The van der Waals surface area contributed by atoms with E-state index in [0.29, 0.717) is 11.9 Å². The molecule has 1 aliphatic rings. The molecule has 0 aromatic carbocycles. The number of halogens is 2. The highest BCUT2D eigenvalue weighted by molar-refractivity contribution is 6.18. The fourth-order valence-corrected chi connectivity index (χ4v) is 2.40. The molecular weight excluding hydrogens is 215 g/mol. The second-order valence-electron chi connectivity index (χ2n) is 3.93. The molecule has 1 atom stereocenters. The van der Waals surface area contributed by atoms with Crippen molar-refractivity contribution in [3.05, 3.63) is 29.8 Å². The zero-order valence-electron chi connectivity index (χ0n) is 8.50. The van der Waals surface area contributed by atoms with Crippen LogP contribution < -0.4 is 0 Å². The van der Waals surface area contributed by atoms with Gasteiger partial charge in [-0.05, 0) is 31.0 Å². The summed E-state index contributed by atoms with van der Waals surface area (Å²) in [4.78, 5) is 6.14. The molecule has 1 fully saturated rings. The maximum absolute atomic E-state index is 12.9. The van der Waals surface area contributed by atoms with E-state index in [4.69, 9.17) is 11.6 Å². The molecule has 0 saturated carbocycles. The number of pyridine rings is 1. The Morgan fingerprint density at radius 2 is 2.40 bits per heavy atom. The highest BCUT2D eigenvalue weighted by Gasteiger charge is 2.23. The van der Waals surface area contributed by atoms with Gasteiger partial charge in [0.2, 0.25) is 0 Å². The van der Waals surface area contributed by atoms with Crippen LogP contribution in [0.5, 0.6) is 0 Å². The maximum atomic E-state index is 12.9. The van der Waals surface area contributed by atoms with E-state index < -0.39 is 0 Å². The van der Waals surface area contributed by atoms with Crippen LogP contribution in [0.2, 0.25) is 0 Å². The Morgan fingerprint density at radius 1 is 1.53 bits per heavy atom. The van der Waals surface area contributed by atoms with Crippen molar-refractivity contribution in [3.8, 4) is 0 Å². The largest absolute Gasteiger partial charge is 0.295 e. The number of alkyl halides is 1. The van der Waals surface area contributed by atoms with Crippen LogP contribution in [-0.4, -0.2) is 28.4 Å². The van der Waals surface area contributed by atoms with E-state index in [1.165, 1.54) is 18.7 Å². The van der Waals surface area contributed by atoms with Gasteiger partial charge in [0, 0.05) is 24.7 Å². The van der Waals surface area contributed by atoms with Gasteiger partial charge in [0.15, 0.2) is 0 Å². The number of likely N-dealkylation sites (tertiary alicyclic amines) is 1. The molecule has 0 aliphatic carbocycles. The zero-order valence-corrected chi connectivity index (χ0v) is 9.25. The SMILES string of the molecule is Fc1cncc(CN2CCCC2CCl)c1. The Balaban J connectivity index is 2.02. The van der Waals surface area contributed by atoms with E-state index in [1.54, 1.807) is 6.20 Å². The summed E-state index contributed by atoms with van der Waals surface area (Å²) in [5.41, 5.74) is 0.923. The summed E-state index contributed by atoms with van der Waals surface area (Å²) in [5.74, 6) is 0.386. The molecule has 0 amide bonds. The van der Waals surface area contributed by atoms with Crippen molar-refractivity contribution in [1.82, 2.24) is 9.88 Å². The first-order valence-corrected chi connectivity index (χ1v) is 5.72. The third kappa shape index (κ3) is 2.67. The van der Waals surface area contributed by atoms with Gasteiger partial charge in [-0.3, -0.25) is 9.88 Å². The van der Waals surface area contributed by atoms with Crippen molar-refractivity contribution in [2.24, 2.45) is 0 Å². The second kappa shape index (κ2) is 4.90. The third-order valence-electron chi connectivity index (χ3n) is 2.82. The lowest BCUT2D eigenvalue weighted by atomic mass is 10.2. The summed E-state index contributed by atoms with van der Waals surface area (Å²) in [6.45, 7) is 1.80. The van der Waals surface area contributed by atoms with Gasteiger partial charge >= 0.3 is 0 Å². The minimum Gasteiger partial charge on any atom is -0.295 e. The summed E-state index contributed by atoms with van der Waals surface area (Å²) in [6, 6.07) is 1.98. The first kappa shape index (κ1) is 10.8. The van der Waals surface area contributed by atoms with Crippen molar-refractivity contribution in [3.63, 3.8) is 0 Å². The Kier molecular flexibility index (Phi) is 3.54. The minimum atomic E-state index is -0.269. The van der Waals surface area contributed by atoms with Gasteiger partial charge in [0.1, 0.15) is 5.82 Å². The van der Waals surface area contributed by atoms with Gasteiger partial charge in [0.05, 0.1) is 6.20 Å². The highest BCUT2D eigenvalue weighted by Crippen LogP contribution is 2.20. The van der Waals surface area contributed by atoms with Gasteiger partial charge in [0.25, 0.3) is 0 Å². The number of hydrogen-bond donors (Lipinski definition) is 0. The molecule has 1 aromatic heterocycles. The number of hydrogen-bond acceptors (Lipinski definition) is 2. The summed E-state index contributed by atoms with van der Waals surface area (Å²) in [5, 5.41) is 0. The predicted molar refractivity (Wildman–Crippen MR) is 58.3 cm³/mol. The molecule has 1 unspecified atom stereocenters. The highest BCUT2D eigenvalue weighted by atomic mass is 35.5. The van der Waals surface area contributed by atoms with Crippen molar-refractivity contribution < 1.29 is 4.39 Å². The van der Waals surface area contributed by atoms with Crippen LogP contribution in [0.15, 0.2) is 18.5 Å². The van der Waals surface area contributed by atoms with E-state index in [0.717, 1.165) is 25.1 Å². The first-order chi connectivity index (χ1) is 7.29. The molecule has 4 heteroatoms. The zero-order chi connectivity index (χ0) is 10.7. The lowest BCUT2D eigenvalue weighted by Crippen LogP contribution is -2.30. The molecule has 15 heavy (non-hydrogen) atoms. The molecular formula is C11H14ClFN2. The standard InChI is InChI=1S/C11H14ClFN2/c12-5-11-2-1-3-15(11)8-9-4-10(13)7-14-6-9/h4,6-7,11H,1-3,5,8H2. The molecule has 1 aromatic rings. The Bertz CT molecular complexity index is 332. The maximum Gasteiger partial charge on any atom is 0.141 e. The van der Waals surface area contributed by atoms with E-state index in [1.807, 2.05) is 0 Å². The van der Waals surface area contributed by atoms with Crippen LogP contribution in [0.25, 0.3) is 0 Å². The van der Waals surface area contributed by atoms with Crippen molar-refractivity contribution in [2.45, 2.75) is 25.4 Å². The first-order valence-electron chi connectivity index (χ1n) is 5.19. The molecule has 2 rings (SSSR count). The minimum absolute atomic E-state index is 0.269. The molecule has 2 nitrogen and oxygen atoms in total. The molecule has 1 aliphatic heterocycles. The van der Waals surface area contributed by atoms with Crippen molar-refractivity contribution in [2.75, 3.05) is 12.4 Å². The fraction of sp³-hybridized carbons (Fsp3) is 0.545. The summed E-state index contributed by atoms with van der Waals surface area (Å²) in [6.07, 6.45) is 5.27. The summed E-state index contributed by atoms with van der Waals surface area (Å²) < 4.78 is 12.9. The van der Waals surface area contributed by atoms with Crippen LogP contribution in [-0.2, 0) is 6.54 Å². The summed E-state index contributed by atoms with van der Waals surface area (Å²) in [7, 11) is 0. The van der Waals surface area contributed by atoms with E-state index in [9.17, 15) is 4.39 Å². The van der Waals surface area contributed by atoms with Gasteiger partial charge in [-0.2, -0.15) is 0 Å². The Hall–Kier alpha value is -0.670. The lowest BCUT2D eigenvalue weighted by molar-refractivity contribution is 0.262. The van der Waals surface area contributed by atoms with Crippen LogP contribution in [0.1, 0.15) is 18.4 Å². The Morgan fingerprint density at radius 3 is 3.13 bits per heavy atom. The molecule has 0 bridgehead atoms. The number of aromatic nitrogens is 1. The van der Waals surface area contributed by atoms with Gasteiger partial charge < -0.3 is 0 Å². The number of rotatable bonds is 3. The average Bonchev–Trinajstić information content (AvgIpc) is 2.65. The molecule has 1 saturated heterocycles. The third-order valence-corrected chi connectivity index (χ3v) is 3.18. The smallest absolute Gasteiger partial charge is 0.141 e. The average molecular weight is 229 g/mol. The molecule has 0 N–H and O–H groups in total. The quantitative estimate of drug-likeness (QED) is 0.739. The van der Waals surface area contributed by atoms with Gasteiger partial charge in [-0.25, -0.2) is 4.39 Å². The molecule has 82 valence electrons. The topological polar surface area (TPSA) is 16.1 Å². The number of nitrogens with zero attached hydrogens (tertiary/aromatic N) is 2. The van der Waals surface area contributed by atoms with E-state index >= 15 is 0 Å². The molecule has 2 heterocycles. The van der Waals surface area contributed by atoms with E-state index in [-0.39, 0.29) is 5.82 Å². The van der Waals surface area contributed by atoms with Crippen LogP contribution in [0.4, 0.5) is 4.39 Å². The van der Waals surface area contributed by atoms with Gasteiger partial charge in [-0.1, -0.05) is 0 Å². The fourth-order valence-electron chi connectivity index (χ4n) is 2.05. The van der Waals surface area contributed by atoms with E-state index in [2.05, 4.69) is 9.88 Å². The monoisotopic (exact) mass is 228 g/mol. The molecule has 0 spiro atoms. The van der Waals surface area contributed by atoms with Crippen molar-refractivity contribution in [1.29, 1.82) is 0 Å². The molecule has 0 radical (unpaired) electrons. The lowest BCUT2D eigenvalue weighted by Gasteiger charge is -2.22. The van der Waals surface area contributed by atoms with Crippen LogP contribution in [0.3, 0.4) is 0 Å². The van der Waals surface area contributed by atoms with Crippen LogP contribution >= 0.6 is 11.6 Å². The second-order valence-corrected chi connectivity index (χ2v) is 4.24. The predicted octanol–water partition coefficient (Wildman–Crippen LogP) is 2.42. The Labute approximate surface area is 94.1 Å².